The van der Waals surface area contributed by atoms with Crippen molar-refractivity contribution in [3.05, 3.63) is 123 Å². The van der Waals surface area contributed by atoms with Gasteiger partial charge in [-0.2, -0.15) is 0 Å². The van der Waals surface area contributed by atoms with Gasteiger partial charge in [0.05, 0.1) is 21.1 Å². The molecular formula is C38H48N5O+. The fourth-order valence-electron chi connectivity index (χ4n) is 6.62. The van der Waals surface area contributed by atoms with E-state index in [9.17, 15) is 4.79 Å². The number of ketones is 1. The van der Waals surface area contributed by atoms with Gasteiger partial charge in [0.1, 0.15) is 5.69 Å². The van der Waals surface area contributed by atoms with Crippen LogP contribution in [0.15, 0.2) is 66.7 Å². The first-order valence-corrected chi connectivity index (χ1v) is 15.7. The van der Waals surface area contributed by atoms with Crippen LogP contribution in [0.5, 0.6) is 0 Å². The number of hydrogen-bond donors (Lipinski definition) is 4. The molecule has 1 aliphatic heterocycles. The fourth-order valence-corrected chi connectivity index (χ4v) is 6.62. The van der Waals surface area contributed by atoms with Gasteiger partial charge in [-0.05, 0) is 122 Å². The molecule has 5 aromatic rings. The second-order valence-electron chi connectivity index (χ2n) is 15.7. The van der Waals surface area contributed by atoms with Crippen LogP contribution in [0.2, 0.25) is 0 Å². The SMILES string of the molecule is CC1(C)c2ccc([nH]2)C(C)(C)c2ccc([nH]2)C(C)(C)c2[nH]c(cc2C(=O)c2ccc([N+](C)(C)C)cc2)C(C)(C)c2ccc1[nH]2. The lowest BCUT2D eigenvalue weighted by Crippen LogP contribution is -2.34. The van der Waals surface area contributed by atoms with Crippen molar-refractivity contribution >= 4 is 11.5 Å². The Morgan fingerprint density at radius 1 is 0.500 bits per heavy atom. The van der Waals surface area contributed by atoms with Gasteiger partial charge in [-0.15, -0.1) is 0 Å². The highest BCUT2D eigenvalue weighted by Gasteiger charge is 2.38. The molecular weight excluding hydrogens is 542 g/mol. The minimum Gasteiger partial charge on any atom is -0.361 e. The molecule has 0 unspecified atom stereocenters. The van der Waals surface area contributed by atoms with Gasteiger partial charge in [-0.25, -0.2) is 0 Å². The molecule has 0 spiro atoms. The molecule has 0 saturated carbocycles. The quantitative estimate of drug-likeness (QED) is 0.125. The first-order valence-electron chi connectivity index (χ1n) is 15.7. The van der Waals surface area contributed by atoms with Gasteiger partial charge in [0, 0.05) is 78.3 Å². The molecule has 6 heteroatoms. The van der Waals surface area contributed by atoms with E-state index in [4.69, 9.17) is 0 Å². The number of quaternary nitrogens is 1. The highest BCUT2D eigenvalue weighted by Crippen LogP contribution is 2.42. The number of fused-ring (bicyclic) bond motifs is 8. The van der Waals surface area contributed by atoms with Gasteiger partial charge >= 0.3 is 0 Å². The smallest absolute Gasteiger partial charge is 0.194 e. The summed E-state index contributed by atoms with van der Waals surface area (Å²) in [5.74, 6) is 0.0243. The molecule has 0 atom stereocenters. The number of nitrogens with one attached hydrogen (secondary N) is 4. The third-order valence-electron chi connectivity index (χ3n) is 10.4. The maximum Gasteiger partial charge on any atom is 0.194 e. The molecule has 4 aromatic heterocycles. The lowest BCUT2D eigenvalue weighted by atomic mass is 9.82. The molecule has 0 amide bonds. The fraction of sp³-hybridized carbons (Fsp3) is 0.395. The Hall–Kier alpha value is -4.03. The molecule has 6 rings (SSSR count). The van der Waals surface area contributed by atoms with Gasteiger partial charge in [-0.1, -0.05) is 0 Å². The summed E-state index contributed by atoms with van der Waals surface area (Å²) in [5, 5.41) is 0. The largest absolute Gasteiger partial charge is 0.361 e. The van der Waals surface area contributed by atoms with E-state index in [1.165, 1.54) is 0 Å². The zero-order valence-electron chi connectivity index (χ0n) is 28.2. The zero-order valence-corrected chi connectivity index (χ0v) is 28.2. The van der Waals surface area contributed by atoms with Gasteiger partial charge in [-0.3, -0.25) is 9.28 Å². The number of H-pyrrole nitrogens is 4. The van der Waals surface area contributed by atoms with Gasteiger partial charge in [0.2, 0.25) is 0 Å². The Balaban J connectivity index is 1.57. The number of hydrogen-bond acceptors (Lipinski definition) is 1. The van der Waals surface area contributed by atoms with Crippen molar-refractivity contribution in [1.82, 2.24) is 24.4 Å². The van der Waals surface area contributed by atoms with Gasteiger partial charge < -0.3 is 19.9 Å². The number of carbonyl (C=O) groups is 1. The summed E-state index contributed by atoms with van der Waals surface area (Å²) in [6, 6.07) is 23.3. The van der Waals surface area contributed by atoms with Crippen LogP contribution in [0.4, 0.5) is 5.69 Å². The standard InChI is InChI=1S/C38H47N5O/c1-35(2)26-16-17-27(39-26)36(3,4)29-20-21-31(41-29)38(7,8)34-25(33(44)23-12-14-24(15-13-23)43(9,10)11)22-32(42-34)37(5,6)30-19-18-28(35)40-30/h12-22,39-41H,1-11H3/p+1. The summed E-state index contributed by atoms with van der Waals surface area (Å²) in [7, 11) is 6.39. The number of benzene rings is 1. The number of carbonyl (C=O) groups excluding carboxylic acids is 1. The van der Waals surface area contributed by atoms with Crippen LogP contribution in [0.3, 0.4) is 0 Å². The monoisotopic (exact) mass is 590 g/mol. The molecule has 6 nitrogen and oxygen atoms in total. The van der Waals surface area contributed by atoms with Crippen LogP contribution in [0.1, 0.15) is 117 Å². The van der Waals surface area contributed by atoms with Crippen LogP contribution in [0, 0.1) is 0 Å². The minimum absolute atomic E-state index is 0.0243. The Labute approximate surface area is 261 Å². The minimum atomic E-state index is -0.503. The second-order valence-corrected chi connectivity index (χ2v) is 15.7. The maximum absolute atomic E-state index is 14.4. The molecule has 4 N–H and O–H groups in total. The van der Waals surface area contributed by atoms with Crippen molar-refractivity contribution in [1.29, 1.82) is 0 Å². The van der Waals surface area contributed by atoms with E-state index in [1.807, 2.05) is 12.1 Å². The Morgan fingerprint density at radius 3 is 1.25 bits per heavy atom. The Bertz CT molecular complexity index is 1860. The molecule has 0 saturated heterocycles. The van der Waals surface area contributed by atoms with Gasteiger partial charge in [0.15, 0.2) is 5.78 Å². The van der Waals surface area contributed by atoms with Crippen LogP contribution in [-0.2, 0) is 21.7 Å². The third-order valence-corrected chi connectivity index (χ3v) is 10.4. The Morgan fingerprint density at radius 2 is 0.864 bits per heavy atom. The maximum atomic E-state index is 14.4. The van der Waals surface area contributed by atoms with E-state index in [1.54, 1.807) is 0 Å². The van der Waals surface area contributed by atoms with E-state index in [0.29, 0.717) is 15.6 Å². The molecule has 8 bridgehead atoms. The summed E-state index contributed by atoms with van der Waals surface area (Å²) >= 11 is 0. The molecule has 230 valence electrons. The van der Waals surface area contributed by atoms with Crippen LogP contribution < -0.4 is 4.48 Å². The van der Waals surface area contributed by atoms with Gasteiger partial charge in [0.25, 0.3) is 0 Å². The van der Waals surface area contributed by atoms with Crippen molar-refractivity contribution in [3.63, 3.8) is 0 Å². The molecule has 1 aromatic carbocycles. The van der Waals surface area contributed by atoms with Crippen molar-refractivity contribution in [2.75, 3.05) is 21.1 Å². The van der Waals surface area contributed by atoms with Crippen molar-refractivity contribution in [2.24, 2.45) is 0 Å². The number of rotatable bonds is 3. The molecule has 1 aliphatic rings. The van der Waals surface area contributed by atoms with E-state index in [2.05, 4.69) is 151 Å². The average Bonchev–Trinajstić information content (AvgIpc) is 3.77. The molecule has 0 radical (unpaired) electrons. The number of aromatic amines is 4. The van der Waals surface area contributed by atoms with Crippen molar-refractivity contribution in [2.45, 2.75) is 77.0 Å². The normalized spacial score (nSPS) is 18.2. The number of aromatic nitrogens is 4. The van der Waals surface area contributed by atoms with E-state index in [-0.39, 0.29) is 16.6 Å². The first kappa shape index (κ1) is 30.0. The van der Waals surface area contributed by atoms with E-state index in [0.717, 1.165) is 51.2 Å². The average molecular weight is 591 g/mol. The molecule has 44 heavy (non-hydrogen) atoms. The highest BCUT2D eigenvalue weighted by atomic mass is 16.1. The van der Waals surface area contributed by atoms with Crippen LogP contribution in [-0.4, -0.2) is 46.9 Å². The summed E-state index contributed by atoms with van der Waals surface area (Å²) < 4.78 is 0.694. The van der Waals surface area contributed by atoms with Crippen LogP contribution in [0.25, 0.3) is 0 Å². The van der Waals surface area contributed by atoms with E-state index < -0.39 is 10.8 Å². The lowest BCUT2D eigenvalue weighted by molar-refractivity contribution is 0.103. The second kappa shape index (κ2) is 9.48. The predicted octanol–water partition coefficient (Wildman–Crippen LogP) is 8.04. The van der Waals surface area contributed by atoms with E-state index >= 15 is 0 Å². The predicted molar refractivity (Wildman–Crippen MR) is 181 cm³/mol. The lowest BCUT2D eigenvalue weighted by Gasteiger charge is -2.28. The van der Waals surface area contributed by atoms with Crippen LogP contribution >= 0.6 is 0 Å². The first-order chi connectivity index (χ1) is 20.3. The number of nitrogens with zero attached hydrogens (tertiary/aromatic N) is 1. The summed E-state index contributed by atoms with van der Waals surface area (Å²) in [4.78, 5) is 29.5. The van der Waals surface area contributed by atoms with Crippen molar-refractivity contribution < 1.29 is 4.79 Å². The zero-order chi connectivity index (χ0) is 32.0. The summed E-state index contributed by atoms with van der Waals surface area (Å²) in [5.41, 5.74) is 9.73. The molecule has 5 heterocycles. The van der Waals surface area contributed by atoms with Crippen molar-refractivity contribution in [3.8, 4) is 0 Å². The topological polar surface area (TPSA) is 80.2 Å². The summed E-state index contributed by atoms with van der Waals surface area (Å²) in [6.07, 6.45) is 0. The third kappa shape index (κ3) is 4.54. The molecule has 0 aliphatic carbocycles. The summed E-state index contributed by atoms with van der Waals surface area (Å²) in [6.45, 7) is 17.8. The highest BCUT2D eigenvalue weighted by molar-refractivity contribution is 6.10. The molecule has 0 fully saturated rings. The Kier molecular flexibility index (Phi) is 6.47.